The molecule has 0 atom stereocenters. The molecule has 0 N–H and O–H groups in total. The van der Waals surface area contributed by atoms with Gasteiger partial charge in [0.15, 0.2) is 0 Å². The maximum atomic E-state index is 4.35. The van der Waals surface area contributed by atoms with Gasteiger partial charge in [0.05, 0.1) is 5.52 Å². The first-order valence-corrected chi connectivity index (χ1v) is 6.62. The van der Waals surface area contributed by atoms with Crippen LogP contribution in [0.2, 0.25) is 0 Å². The second kappa shape index (κ2) is 4.46. The average Bonchev–Trinajstić information content (AvgIpc) is 2.91. The van der Waals surface area contributed by atoms with Crippen LogP contribution in [-0.4, -0.2) is 14.5 Å². The summed E-state index contributed by atoms with van der Waals surface area (Å²) in [5.41, 5.74) is 2.44. The van der Waals surface area contributed by atoms with Crippen LogP contribution in [-0.2, 0) is 6.54 Å². The molecule has 0 saturated carbocycles. The molecule has 0 unspecified atom stereocenters. The van der Waals surface area contributed by atoms with Crippen LogP contribution in [0.5, 0.6) is 0 Å². The topological polar surface area (TPSA) is 30.7 Å². The minimum Gasteiger partial charge on any atom is -0.343 e. The smallest absolute Gasteiger partial charge is 0.0514 e. The van der Waals surface area contributed by atoms with Crippen molar-refractivity contribution in [2.75, 3.05) is 0 Å². The maximum Gasteiger partial charge on any atom is 0.0514 e. The third-order valence-corrected chi connectivity index (χ3v) is 3.66. The van der Waals surface area contributed by atoms with Crippen molar-refractivity contribution in [3.05, 3.63) is 72.9 Å². The zero-order valence-corrected chi connectivity index (χ0v) is 10.9. The van der Waals surface area contributed by atoms with E-state index in [2.05, 4.69) is 45.0 Å². The summed E-state index contributed by atoms with van der Waals surface area (Å²) in [6, 6.07) is 12.5. The van der Waals surface area contributed by atoms with E-state index in [9.17, 15) is 0 Å². The van der Waals surface area contributed by atoms with Crippen molar-refractivity contribution in [1.82, 2.24) is 14.5 Å². The van der Waals surface area contributed by atoms with Gasteiger partial charge in [-0.05, 0) is 23.1 Å². The SMILES string of the molecule is c1ccc2c(Cn3ccc4cnccc43)cncc2c1. The molecule has 96 valence electrons. The molecule has 3 heterocycles. The lowest BCUT2D eigenvalue weighted by Crippen LogP contribution is -1.99. The van der Waals surface area contributed by atoms with Gasteiger partial charge in [-0.3, -0.25) is 9.97 Å². The quantitative estimate of drug-likeness (QED) is 0.550. The van der Waals surface area contributed by atoms with Crippen molar-refractivity contribution >= 4 is 21.7 Å². The van der Waals surface area contributed by atoms with E-state index < -0.39 is 0 Å². The minimum atomic E-state index is 0.821. The van der Waals surface area contributed by atoms with Crippen molar-refractivity contribution in [2.24, 2.45) is 0 Å². The zero-order chi connectivity index (χ0) is 13.4. The molecule has 3 nitrogen and oxygen atoms in total. The van der Waals surface area contributed by atoms with Gasteiger partial charge in [-0.1, -0.05) is 24.3 Å². The van der Waals surface area contributed by atoms with Crippen LogP contribution < -0.4 is 0 Å². The molecular formula is C17H13N3. The Morgan fingerprint density at radius 1 is 0.850 bits per heavy atom. The Kier molecular flexibility index (Phi) is 2.49. The van der Waals surface area contributed by atoms with Crippen molar-refractivity contribution in [2.45, 2.75) is 6.54 Å². The van der Waals surface area contributed by atoms with E-state index in [0.29, 0.717) is 0 Å². The number of rotatable bonds is 2. The maximum absolute atomic E-state index is 4.35. The van der Waals surface area contributed by atoms with E-state index in [4.69, 9.17) is 0 Å². The van der Waals surface area contributed by atoms with Crippen molar-refractivity contribution in [1.29, 1.82) is 0 Å². The highest BCUT2D eigenvalue weighted by molar-refractivity contribution is 5.85. The van der Waals surface area contributed by atoms with E-state index in [0.717, 1.165) is 6.54 Å². The molecule has 1 aromatic carbocycles. The van der Waals surface area contributed by atoms with Crippen LogP contribution in [0.15, 0.2) is 67.4 Å². The van der Waals surface area contributed by atoms with E-state index in [1.807, 2.05) is 36.9 Å². The molecule has 0 fully saturated rings. The third-order valence-electron chi connectivity index (χ3n) is 3.66. The van der Waals surface area contributed by atoms with Gasteiger partial charge < -0.3 is 4.57 Å². The average molecular weight is 259 g/mol. The molecule has 0 saturated heterocycles. The first-order chi connectivity index (χ1) is 9.92. The van der Waals surface area contributed by atoms with Crippen molar-refractivity contribution < 1.29 is 0 Å². The minimum absolute atomic E-state index is 0.821. The van der Waals surface area contributed by atoms with E-state index in [1.54, 1.807) is 0 Å². The molecule has 0 spiro atoms. The normalized spacial score (nSPS) is 11.2. The standard InChI is InChI=1S/C17H13N3/c1-2-4-16-13(3-1)9-19-11-15(16)12-20-8-6-14-10-18-7-5-17(14)20/h1-11H,12H2. The molecule has 0 amide bonds. The Morgan fingerprint density at radius 2 is 1.75 bits per heavy atom. The molecule has 0 aliphatic heterocycles. The molecule has 4 rings (SSSR count). The van der Waals surface area contributed by atoms with Crippen LogP contribution >= 0.6 is 0 Å². The highest BCUT2D eigenvalue weighted by atomic mass is 15.0. The number of hydrogen-bond acceptors (Lipinski definition) is 2. The summed E-state index contributed by atoms with van der Waals surface area (Å²) in [5.74, 6) is 0. The summed E-state index contributed by atoms with van der Waals surface area (Å²) in [6.07, 6.45) is 9.70. The lowest BCUT2D eigenvalue weighted by molar-refractivity contribution is 0.838. The summed E-state index contributed by atoms with van der Waals surface area (Å²) >= 11 is 0. The molecular weight excluding hydrogens is 246 g/mol. The summed E-state index contributed by atoms with van der Waals surface area (Å²) in [5, 5.41) is 3.61. The van der Waals surface area contributed by atoms with Gasteiger partial charge in [0, 0.05) is 48.3 Å². The van der Waals surface area contributed by atoms with Crippen LogP contribution in [0.1, 0.15) is 5.56 Å². The summed E-state index contributed by atoms with van der Waals surface area (Å²) in [7, 11) is 0. The highest BCUT2D eigenvalue weighted by Gasteiger charge is 2.05. The lowest BCUT2D eigenvalue weighted by Gasteiger charge is -2.08. The highest BCUT2D eigenvalue weighted by Crippen LogP contribution is 2.20. The second-order valence-electron chi connectivity index (χ2n) is 4.90. The Bertz CT molecular complexity index is 887. The van der Waals surface area contributed by atoms with Crippen LogP contribution in [0, 0.1) is 0 Å². The molecule has 4 aromatic rings. The van der Waals surface area contributed by atoms with Gasteiger partial charge in [-0.25, -0.2) is 0 Å². The zero-order valence-electron chi connectivity index (χ0n) is 10.9. The Labute approximate surface area is 116 Å². The fourth-order valence-electron chi connectivity index (χ4n) is 2.67. The lowest BCUT2D eigenvalue weighted by atomic mass is 10.1. The summed E-state index contributed by atoms with van der Waals surface area (Å²) in [6.45, 7) is 0.821. The number of nitrogens with zero attached hydrogens (tertiary/aromatic N) is 3. The molecule has 0 bridgehead atoms. The van der Waals surface area contributed by atoms with E-state index in [-0.39, 0.29) is 0 Å². The summed E-state index contributed by atoms with van der Waals surface area (Å²) in [4.78, 5) is 8.51. The number of pyridine rings is 2. The first kappa shape index (κ1) is 11.2. The van der Waals surface area contributed by atoms with Gasteiger partial charge in [0.25, 0.3) is 0 Å². The number of fused-ring (bicyclic) bond motifs is 2. The van der Waals surface area contributed by atoms with E-state index >= 15 is 0 Å². The fraction of sp³-hybridized carbons (Fsp3) is 0.0588. The van der Waals surface area contributed by atoms with Gasteiger partial charge in [-0.15, -0.1) is 0 Å². The predicted octanol–water partition coefficient (Wildman–Crippen LogP) is 3.63. The monoisotopic (exact) mass is 259 g/mol. The predicted molar refractivity (Wildman–Crippen MR) is 80.6 cm³/mol. The second-order valence-corrected chi connectivity index (χ2v) is 4.90. The largest absolute Gasteiger partial charge is 0.343 e. The van der Waals surface area contributed by atoms with Crippen LogP contribution in [0.25, 0.3) is 21.7 Å². The molecule has 3 aromatic heterocycles. The number of benzene rings is 1. The number of hydrogen-bond donors (Lipinski definition) is 0. The Balaban J connectivity index is 1.85. The molecule has 3 heteroatoms. The van der Waals surface area contributed by atoms with Gasteiger partial charge in [-0.2, -0.15) is 0 Å². The summed E-state index contributed by atoms with van der Waals surface area (Å²) < 4.78 is 2.24. The molecule has 0 radical (unpaired) electrons. The molecule has 20 heavy (non-hydrogen) atoms. The molecule has 0 aliphatic rings. The van der Waals surface area contributed by atoms with Crippen LogP contribution in [0.4, 0.5) is 0 Å². The fourth-order valence-corrected chi connectivity index (χ4v) is 2.67. The Morgan fingerprint density at radius 3 is 2.75 bits per heavy atom. The van der Waals surface area contributed by atoms with Crippen molar-refractivity contribution in [3.63, 3.8) is 0 Å². The van der Waals surface area contributed by atoms with Gasteiger partial charge in [0.2, 0.25) is 0 Å². The van der Waals surface area contributed by atoms with Crippen LogP contribution in [0.3, 0.4) is 0 Å². The van der Waals surface area contributed by atoms with Crippen molar-refractivity contribution in [3.8, 4) is 0 Å². The van der Waals surface area contributed by atoms with Gasteiger partial charge >= 0.3 is 0 Å². The Hall–Kier alpha value is -2.68. The third kappa shape index (κ3) is 1.75. The van der Waals surface area contributed by atoms with E-state index in [1.165, 1.54) is 27.2 Å². The molecule has 0 aliphatic carbocycles. The van der Waals surface area contributed by atoms with Gasteiger partial charge in [0.1, 0.15) is 0 Å². The number of aromatic nitrogens is 3. The first-order valence-electron chi connectivity index (χ1n) is 6.62.